The first-order chi connectivity index (χ1) is 16.1. The predicted octanol–water partition coefficient (Wildman–Crippen LogP) is 4.96. The smallest absolute Gasteiger partial charge is 0.234 e. The van der Waals surface area contributed by atoms with E-state index in [1.54, 1.807) is 22.9 Å². The van der Waals surface area contributed by atoms with Crippen molar-refractivity contribution in [3.05, 3.63) is 108 Å². The number of hydrogen-bond acceptors (Lipinski definition) is 3. The molecular formula is C27H25FN4O. The van der Waals surface area contributed by atoms with Gasteiger partial charge in [0, 0.05) is 38.4 Å². The maximum Gasteiger partial charge on any atom is 0.234 e. The highest BCUT2D eigenvalue weighted by molar-refractivity contribution is 5.96. The van der Waals surface area contributed by atoms with Crippen LogP contribution in [0.5, 0.6) is 0 Å². The summed E-state index contributed by atoms with van der Waals surface area (Å²) in [5.41, 5.74) is 5.52. The molecule has 0 saturated carbocycles. The molecule has 0 saturated heterocycles. The van der Waals surface area contributed by atoms with Crippen molar-refractivity contribution in [1.29, 1.82) is 0 Å². The van der Waals surface area contributed by atoms with Gasteiger partial charge in [-0.05, 0) is 28.8 Å². The lowest BCUT2D eigenvalue weighted by molar-refractivity contribution is -0.118. The van der Waals surface area contributed by atoms with E-state index in [2.05, 4.69) is 51.7 Å². The Morgan fingerprint density at radius 3 is 2.45 bits per heavy atom. The highest BCUT2D eigenvalue weighted by Gasteiger charge is 2.33. The number of halogens is 1. The predicted molar refractivity (Wildman–Crippen MR) is 127 cm³/mol. The van der Waals surface area contributed by atoms with Gasteiger partial charge in [-0.25, -0.2) is 4.39 Å². The molecule has 33 heavy (non-hydrogen) atoms. The molecule has 6 heteroatoms. The second-order valence-corrected chi connectivity index (χ2v) is 8.47. The highest BCUT2D eigenvalue weighted by Crippen LogP contribution is 2.30. The molecule has 0 aliphatic carbocycles. The zero-order valence-electron chi connectivity index (χ0n) is 18.4. The molecule has 5 nitrogen and oxygen atoms in total. The molecule has 0 bridgehead atoms. The Kier molecular flexibility index (Phi) is 5.75. The molecule has 166 valence electrons. The Hall–Kier alpha value is -3.77. The number of amides is 1. The summed E-state index contributed by atoms with van der Waals surface area (Å²) >= 11 is 0. The van der Waals surface area contributed by atoms with Gasteiger partial charge in [-0.15, -0.1) is 0 Å². The van der Waals surface area contributed by atoms with Crippen LogP contribution in [0.25, 0.3) is 11.1 Å². The summed E-state index contributed by atoms with van der Waals surface area (Å²) in [4.78, 5) is 15.4. The van der Waals surface area contributed by atoms with Crippen molar-refractivity contribution >= 4 is 11.6 Å². The first-order valence-corrected chi connectivity index (χ1v) is 11.0. The number of nitrogens with one attached hydrogen (secondary N) is 1. The number of nitrogens with zero attached hydrogens (tertiary/aromatic N) is 3. The van der Waals surface area contributed by atoms with Gasteiger partial charge < -0.3 is 5.32 Å². The summed E-state index contributed by atoms with van der Waals surface area (Å²) in [6.45, 7) is 1.95. The van der Waals surface area contributed by atoms with Gasteiger partial charge in [0.2, 0.25) is 5.91 Å². The molecule has 1 aromatic heterocycles. The third kappa shape index (κ3) is 4.56. The largest absolute Gasteiger partial charge is 0.323 e. The average molecular weight is 441 g/mol. The first-order valence-electron chi connectivity index (χ1n) is 11.0. The topological polar surface area (TPSA) is 50.2 Å². The van der Waals surface area contributed by atoms with Crippen molar-refractivity contribution in [2.75, 3.05) is 11.9 Å². The van der Waals surface area contributed by atoms with Crippen LogP contribution in [0.15, 0.2) is 85.1 Å². The summed E-state index contributed by atoms with van der Waals surface area (Å²) in [6.07, 6.45) is 1.96. The molecule has 4 aromatic rings. The molecule has 1 aliphatic heterocycles. The fourth-order valence-electron chi connectivity index (χ4n) is 4.42. The Bertz CT molecular complexity index is 1270. The van der Waals surface area contributed by atoms with Gasteiger partial charge >= 0.3 is 0 Å². The molecule has 0 unspecified atom stereocenters. The standard InChI is InChI=1S/C27H25FN4O/c1-31-16-22-17-32(15-19-11-13-21(14-12-19)20-7-3-2-4-8-20)18-23(26(22)30-31)27(33)29-25-10-6-5-9-24(25)28/h2-14,16,23H,15,17-18H2,1H3,(H,29,33)/t23-/m1/s1. The number of para-hydroxylation sites is 1. The van der Waals surface area contributed by atoms with Gasteiger partial charge in [0.25, 0.3) is 0 Å². The lowest BCUT2D eigenvalue weighted by atomic mass is 9.95. The molecule has 3 aromatic carbocycles. The zero-order chi connectivity index (χ0) is 22.8. The monoisotopic (exact) mass is 440 g/mol. The van der Waals surface area contributed by atoms with Crippen LogP contribution < -0.4 is 5.32 Å². The number of carbonyl (C=O) groups excluding carboxylic acids is 1. The van der Waals surface area contributed by atoms with Gasteiger partial charge in [-0.2, -0.15) is 5.10 Å². The Labute approximate surface area is 192 Å². The number of aryl methyl sites for hydroxylation is 1. The minimum Gasteiger partial charge on any atom is -0.323 e. The molecule has 1 atom stereocenters. The quantitative estimate of drug-likeness (QED) is 0.477. The van der Waals surface area contributed by atoms with Crippen molar-refractivity contribution in [3.8, 4) is 11.1 Å². The van der Waals surface area contributed by atoms with Gasteiger partial charge in [-0.1, -0.05) is 66.7 Å². The summed E-state index contributed by atoms with van der Waals surface area (Å²) < 4.78 is 15.8. The third-order valence-corrected chi connectivity index (χ3v) is 6.02. The van der Waals surface area contributed by atoms with Gasteiger partial charge in [-0.3, -0.25) is 14.4 Å². The Balaban J connectivity index is 1.34. The second-order valence-electron chi connectivity index (χ2n) is 8.47. The van der Waals surface area contributed by atoms with E-state index in [1.165, 1.54) is 22.8 Å². The van der Waals surface area contributed by atoms with E-state index < -0.39 is 11.7 Å². The van der Waals surface area contributed by atoms with Gasteiger partial charge in [0.05, 0.1) is 17.3 Å². The SMILES string of the molecule is Cn1cc2c(n1)[C@H](C(=O)Nc1ccccc1F)CN(Cc1ccc(-c3ccccc3)cc1)C2. The number of hydrogen-bond donors (Lipinski definition) is 1. The van der Waals surface area contributed by atoms with Gasteiger partial charge in [0.15, 0.2) is 0 Å². The third-order valence-electron chi connectivity index (χ3n) is 6.02. The molecule has 2 heterocycles. The van der Waals surface area contributed by atoms with Crippen molar-refractivity contribution in [2.24, 2.45) is 7.05 Å². The number of benzene rings is 3. The molecule has 0 fully saturated rings. The molecular weight excluding hydrogens is 415 g/mol. The summed E-state index contributed by atoms with van der Waals surface area (Å²) in [6, 6.07) is 25.0. The maximum absolute atomic E-state index is 14.1. The van der Waals surface area contributed by atoms with Crippen LogP contribution in [-0.2, 0) is 24.9 Å². The minimum absolute atomic E-state index is 0.189. The van der Waals surface area contributed by atoms with Crippen LogP contribution in [-0.4, -0.2) is 27.1 Å². The highest BCUT2D eigenvalue weighted by atomic mass is 19.1. The van der Waals surface area contributed by atoms with Crippen LogP contribution >= 0.6 is 0 Å². The second kappa shape index (κ2) is 9.00. The zero-order valence-corrected chi connectivity index (χ0v) is 18.4. The van der Waals surface area contributed by atoms with E-state index in [0.29, 0.717) is 19.6 Å². The molecule has 0 radical (unpaired) electrons. The normalized spacial score (nSPS) is 15.8. The Morgan fingerprint density at radius 1 is 1.00 bits per heavy atom. The fourth-order valence-corrected chi connectivity index (χ4v) is 4.42. The van der Waals surface area contributed by atoms with Crippen LogP contribution in [0.3, 0.4) is 0 Å². The Morgan fingerprint density at radius 2 is 1.70 bits per heavy atom. The van der Waals surface area contributed by atoms with Crippen LogP contribution in [0, 0.1) is 5.82 Å². The van der Waals surface area contributed by atoms with E-state index in [4.69, 9.17) is 0 Å². The van der Waals surface area contributed by atoms with Crippen LogP contribution in [0.4, 0.5) is 10.1 Å². The molecule has 5 rings (SSSR count). The van der Waals surface area contributed by atoms with E-state index >= 15 is 0 Å². The number of carbonyl (C=O) groups is 1. The fraction of sp³-hybridized carbons (Fsp3) is 0.185. The summed E-state index contributed by atoms with van der Waals surface area (Å²) in [5.74, 6) is -1.17. The molecule has 1 amide bonds. The number of rotatable bonds is 5. The summed E-state index contributed by atoms with van der Waals surface area (Å²) in [5, 5.41) is 7.29. The van der Waals surface area contributed by atoms with Crippen molar-refractivity contribution < 1.29 is 9.18 Å². The minimum atomic E-state index is -0.474. The van der Waals surface area contributed by atoms with Crippen LogP contribution in [0.2, 0.25) is 0 Å². The number of aromatic nitrogens is 2. The maximum atomic E-state index is 14.1. The van der Waals surface area contributed by atoms with Gasteiger partial charge in [0.1, 0.15) is 5.82 Å². The van der Waals surface area contributed by atoms with E-state index in [1.807, 2.05) is 31.4 Å². The molecule has 1 aliphatic rings. The molecule has 1 N–H and O–H groups in total. The van der Waals surface area contributed by atoms with E-state index in [0.717, 1.165) is 11.3 Å². The van der Waals surface area contributed by atoms with E-state index in [-0.39, 0.29) is 11.6 Å². The van der Waals surface area contributed by atoms with Crippen molar-refractivity contribution in [2.45, 2.75) is 19.0 Å². The van der Waals surface area contributed by atoms with Crippen LogP contribution in [0.1, 0.15) is 22.7 Å². The average Bonchev–Trinajstić information content (AvgIpc) is 3.21. The lowest BCUT2D eigenvalue weighted by Gasteiger charge is -2.31. The number of anilines is 1. The summed E-state index contributed by atoms with van der Waals surface area (Å²) in [7, 11) is 1.86. The van der Waals surface area contributed by atoms with E-state index in [9.17, 15) is 9.18 Å². The first kappa shape index (κ1) is 21.1. The lowest BCUT2D eigenvalue weighted by Crippen LogP contribution is -2.38. The number of fused-ring (bicyclic) bond motifs is 1. The molecule has 0 spiro atoms. The van der Waals surface area contributed by atoms with Crippen molar-refractivity contribution in [3.63, 3.8) is 0 Å². The van der Waals surface area contributed by atoms with Crippen molar-refractivity contribution in [1.82, 2.24) is 14.7 Å².